The first kappa shape index (κ1) is 18.2. The quantitative estimate of drug-likeness (QED) is 0.777. The number of piperazine rings is 1. The summed E-state index contributed by atoms with van der Waals surface area (Å²) in [6.45, 7) is 10.4. The number of fused-ring (bicyclic) bond motifs is 1. The van der Waals surface area contributed by atoms with E-state index in [1.54, 1.807) is 6.07 Å². The summed E-state index contributed by atoms with van der Waals surface area (Å²) >= 11 is 0. The number of amides is 1. The molecule has 1 amide bonds. The van der Waals surface area contributed by atoms with Gasteiger partial charge < -0.3 is 9.32 Å². The smallest absolute Gasteiger partial charge is 0.336 e. The van der Waals surface area contributed by atoms with Crippen LogP contribution in [-0.2, 0) is 11.3 Å². The van der Waals surface area contributed by atoms with Crippen LogP contribution >= 0.6 is 0 Å². The van der Waals surface area contributed by atoms with E-state index in [9.17, 15) is 9.59 Å². The Morgan fingerprint density at radius 1 is 1.15 bits per heavy atom. The van der Waals surface area contributed by atoms with E-state index in [1.807, 2.05) is 11.0 Å². The average Bonchev–Trinajstić information content (AvgIpc) is 3.46. The van der Waals surface area contributed by atoms with Crippen molar-refractivity contribution in [3.05, 3.63) is 45.3 Å². The molecule has 5 heteroatoms. The van der Waals surface area contributed by atoms with Crippen LogP contribution in [0.4, 0.5) is 0 Å². The molecule has 0 bridgehead atoms. The van der Waals surface area contributed by atoms with Crippen LogP contribution in [0, 0.1) is 12.8 Å². The Kier molecular flexibility index (Phi) is 4.81. The molecule has 1 saturated heterocycles. The van der Waals surface area contributed by atoms with E-state index in [1.165, 1.54) is 5.56 Å². The van der Waals surface area contributed by atoms with Gasteiger partial charge in [0, 0.05) is 50.1 Å². The van der Waals surface area contributed by atoms with Crippen molar-refractivity contribution in [2.75, 3.05) is 26.2 Å². The molecule has 1 aliphatic heterocycles. The average molecular weight is 368 g/mol. The number of benzene rings is 1. The van der Waals surface area contributed by atoms with Gasteiger partial charge in [-0.05, 0) is 54.5 Å². The van der Waals surface area contributed by atoms with Crippen molar-refractivity contribution < 1.29 is 9.21 Å². The fourth-order valence-electron chi connectivity index (χ4n) is 4.10. The van der Waals surface area contributed by atoms with Crippen LogP contribution in [0.5, 0.6) is 0 Å². The second kappa shape index (κ2) is 7.12. The molecule has 0 radical (unpaired) electrons. The van der Waals surface area contributed by atoms with Gasteiger partial charge in [-0.1, -0.05) is 13.8 Å². The maximum atomic E-state index is 12.2. The van der Waals surface area contributed by atoms with Crippen molar-refractivity contribution in [1.82, 2.24) is 9.80 Å². The standard InChI is InChI=1S/C22H28N2O3/c1-14(2)18-12-19-17(11-21(25)27-20(19)10-15(18)3)13-23-6-8-24(9-7-23)22(26)16-4-5-16/h10-12,14,16H,4-9,13H2,1-3H3. The fourth-order valence-corrected chi connectivity index (χ4v) is 4.10. The molecular formula is C22H28N2O3. The van der Waals surface area contributed by atoms with Crippen molar-refractivity contribution in [2.45, 2.75) is 46.1 Å². The van der Waals surface area contributed by atoms with E-state index in [0.29, 0.717) is 24.0 Å². The van der Waals surface area contributed by atoms with E-state index in [4.69, 9.17) is 4.42 Å². The normalized spacial score (nSPS) is 18.4. The Balaban J connectivity index is 1.55. The van der Waals surface area contributed by atoms with Crippen LogP contribution in [0.15, 0.2) is 27.4 Å². The number of rotatable bonds is 4. The highest BCUT2D eigenvalue weighted by Crippen LogP contribution is 2.31. The molecule has 144 valence electrons. The van der Waals surface area contributed by atoms with Gasteiger partial charge in [-0.2, -0.15) is 0 Å². The molecule has 0 spiro atoms. The lowest BCUT2D eigenvalue weighted by atomic mass is 9.95. The van der Waals surface area contributed by atoms with Crippen LogP contribution in [0.2, 0.25) is 0 Å². The summed E-state index contributed by atoms with van der Waals surface area (Å²) in [5.41, 5.74) is 3.84. The van der Waals surface area contributed by atoms with Gasteiger partial charge in [0.25, 0.3) is 0 Å². The van der Waals surface area contributed by atoms with Crippen LogP contribution in [-0.4, -0.2) is 41.9 Å². The number of nitrogens with zero attached hydrogens (tertiary/aromatic N) is 2. The highest BCUT2D eigenvalue weighted by molar-refractivity contribution is 5.82. The fraction of sp³-hybridized carbons (Fsp3) is 0.545. The van der Waals surface area contributed by atoms with Crippen molar-refractivity contribution >= 4 is 16.9 Å². The van der Waals surface area contributed by atoms with Gasteiger partial charge in [-0.25, -0.2) is 4.79 Å². The summed E-state index contributed by atoms with van der Waals surface area (Å²) in [6, 6.07) is 5.80. The highest BCUT2D eigenvalue weighted by Gasteiger charge is 2.34. The topological polar surface area (TPSA) is 53.8 Å². The SMILES string of the molecule is Cc1cc2oc(=O)cc(CN3CCN(C(=O)C4CC4)CC3)c2cc1C(C)C. The first-order valence-corrected chi connectivity index (χ1v) is 10.0. The number of carbonyl (C=O) groups excluding carboxylic acids is 1. The second-order valence-corrected chi connectivity index (χ2v) is 8.33. The number of hydrogen-bond acceptors (Lipinski definition) is 4. The molecule has 2 aromatic rings. The number of hydrogen-bond donors (Lipinski definition) is 0. The Labute approximate surface area is 159 Å². The molecule has 4 rings (SSSR count). The Morgan fingerprint density at radius 3 is 2.48 bits per heavy atom. The van der Waals surface area contributed by atoms with Gasteiger partial charge in [0.1, 0.15) is 5.58 Å². The Hall–Kier alpha value is -2.14. The minimum absolute atomic E-state index is 0.289. The molecule has 0 atom stereocenters. The molecule has 2 aliphatic rings. The van der Waals surface area contributed by atoms with Crippen LogP contribution < -0.4 is 5.63 Å². The van der Waals surface area contributed by atoms with E-state index in [2.05, 4.69) is 31.7 Å². The van der Waals surface area contributed by atoms with E-state index < -0.39 is 0 Å². The molecule has 1 aromatic heterocycles. The van der Waals surface area contributed by atoms with Crippen molar-refractivity contribution in [1.29, 1.82) is 0 Å². The second-order valence-electron chi connectivity index (χ2n) is 8.33. The Bertz CT molecular complexity index is 919. The predicted octanol–water partition coefficient (Wildman–Crippen LogP) is 3.28. The first-order chi connectivity index (χ1) is 12.9. The van der Waals surface area contributed by atoms with Crippen LogP contribution in [0.3, 0.4) is 0 Å². The zero-order valence-electron chi connectivity index (χ0n) is 16.5. The largest absolute Gasteiger partial charge is 0.423 e. The zero-order valence-corrected chi connectivity index (χ0v) is 16.5. The van der Waals surface area contributed by atoms with Gasteiger partial charge in [0.05, 0.1) is 0 Å². The van der Waals surface area contributed by atoms with Gasteiger partial charge in [-0.3, -0.25) is 9.69 Å². The van der Waals surface area contributed by atoms with Gasteiger partial charge in [0.2, 0.25) is 5.91 Å². The number of carbonyl (C=O) groups is 1. The molecule has 5 nitrogen and oxygen atoms in total. The van der Waals surface area contributed by atoms with Gasteiger partial charge in [0.15, 0.2) is 0 Å². The molecule has 2 fully saturated rings. The molecule has 27 heavy (non-hydrogen) atoms. The van der Waals surface area contributed by atoms with E-state index in [-0.39, 0.29) is 11.5 Å². The number of aryl methyl sites for hydroxylation is 1. The molecule has 1 saturated carbocycles. The van der Waals surface area contributed by atoms with Crippen molar-refractivity contribution in [3.8, 4) is 0 Å². The van der Waals surface area contributed by atoms with Gasteiger partial charge >= 0.3 is 5.63 Å². The molecule has 0 unspecified atom stereocenters. The molecule has 0 N–H and O–H groups in total. The zero-order chi connectivity index (χ0) is 19.1. The minimum atomic E-state index is -0.295. The lowest BCUT2D eigenvalue weighted by Crippen LogP contribution is -2.48. The minimum Gasteiger partial charge on any atom is -0.423 e. The van der Waals surface area contributed by atoms with Gasteiger partial charge in [-0.15, -0.1) is 0 Å². The Morgan fingerprint density at radius 2 is 1.85 bits per heavy atom. The summed E-state index contributed by atoms with van der Waals surface area (Å²) in [5.74, 6) is 1.04. The summed E-state index contributed by atoms with van der Waals surface area (Å²) < 4.78 is 5.46. The maximum Gasteiger partial charge on any atom is 0.336 e. The molecular weight excluding hydrogens is 340 g/mol. The monoisotopic (exact) mass is 368 g/mol. The lowest BCUT2D eigenvalue weighted by molar-refractivity contribution is -0.134. The molecule has 2 heterocycles. The first-order valence-electron chi connectivity index (χ1n) is 10.0. The van der Waals surface area contributed by atoms with Crippen LogP contribution in [0.1, 0.15) is 49.3 Å². The van der Waals surface area contributed by atoms with Crippen molar-refractivity contribution in [3.63, 3.8) is 0 Å². The van der Waals surface area contributed by atoms with E-state index in [0.717, 1.165) is 55.5 Å². The third-order valence-electron chi connectivity index (χ3n) is 5.84. The summed E-state index contributed by atoms with van der Waals surface area (Å²) in [7, 11) is 0. The summed E-state index contributed by atoms with van der Waals surface area (Å²) in [6.07, 6.45) is 2.12. The van der Waals surface area contributed by atoms with Crippen molar-refractivity contribution in [2.24, 2.45) is 5.92 Å². The molecule has 1 aromatic carbocycles. The lowest BCUT2D eigenvalue weighted by Gasteiger charge is -2.35. The third kappa shape index (κ3) is 3.79. The van der Waals surface area contributed by atoms with E-state index >= 15 is 0 Å². The summed E-state index contributed by atoms with van der Waals surface area (Å²) in [5, 5.41) is 1.03. The third-order valence-corrected chi connectivity index (χ3v) is 5.84. The molecule has 1 aliphatic carbocycles. The predicted molar refractivity (Wildman–Crippen MR) is 106 cm³/mol. The van der Waals surface area contributed by atoms with Crippen LogP contribution in [0.25, 0.3) is 11.0 Å². The maximum absolute atomic E-state index is 12.2. The summed E-state index contributed by atoms with van der Waals surface area (Å²) in [4.78, 5) is 28.6. The highest BCUT2D eigenvalue weighted by atomic mass is 16.4.